The summed E-state index contributed by atoms with van der Waals surface area (Å²) in [5.41, 5.74) is 0.243. The third-order valence-electron chi connectivity index (χ3n) is 1.70. The summed E-state index contributed by atoms with van der Waals surface area (Å²) in [5.74, 6) is -1.54. The first kappa shape index (κ1) is 12.3. The van der Waals surface area contributed by atoms with Crippen molar-refractivity contribution in [1.29, 1.82) is 0 Å². The van der Waals surface area contributed by atoms with Gasteiger partial charge in [0.1, 0.15) is 5.75 Å². The van der Waals surface area contributed by atoms with Crippen LogP contribution in [0.5, 0.6) is 5.75 Å². The number of carbonyl (C=O) groups is 2. The van der Waals surface area contributed by atoms with Crippen molar-refractivity contribution in [3.05, 3.63) is 28.8 Å². The smallest absolute Gasteiger partial charge is 0.341 e. The number of ether oxygens (including phenoxy) is 2. The van der Waals surface area contributed by atoms with Crippen molar-refractivity contribution in [2.75, 3.05) is 13.7 Å². The number of hydrogen-bond donors (Lipinski definition) is 1. The fourth-order valence-corrected chi connectivity index (χ4v) is 1.17. The van der Waals surface area contributed by atoms with Gasteiger partial charge in [-0.15, -0.1) is 0 Å². The van der Waals surface area contributed by atoms with Crippen LogP contribution in [0.25, 0.3) is 0 Å². The third kappa shape index (κ3) is 3.13. The summed E-state index contributed by atoms with van der Waals surface area (Å²) in [6.45, 7) is -0.523. The lowest BCUT2D eigenvalue weighted by Crippen LogP contribution is -2.10. The molecule has 0 aromatic heterocycles. The van der Waals surface area contributed by atoms with Gasteiger partial charge >= 0.3 is 11.9 Å². The van der Waals surface area contributed by atoms with Crippen molar-refractivity contribution < 1.29 is 24.2 Å². The van der Waals surface area contributed by atoms with Gasteiger partial charge in [0, 0.05) is 0 Å². The van der Waals surface area contributed by atoms with E-state index in [1.165, 1.54) is 25.3 Å². The number of rotatable bonds is 4. The third-order valence-corrected chi connectivity index (χ3v) is 2.02. The molecule has 0 saturated carbocycles. The molecule has 86 valence electrons. The monoisotopic (exact) mass is 244 g/mol. The minimum Gasteiger partial charge on any atom is -0.480 e. The number of methoxy groups -OCH3 is 1. The molecule has 0 fully saturated rings. The van der Waals surface area contributed by atoms with Crippen molar-refractivity contribution in [3.8, 4) is 5.75 Å². The van der Waals surface area contributed by atoms with Crippen LogP contribution in [-0.4, -0.2) is 30.8 Å². The van der Waals surface area contributed by atoms with E-state index in [2.05, 4.69) is 4.74 Å². The number of carboxylic acids is 1. The van der Waals surface area contributed by atoms with Crippen LogP contribution in [0, 0.1) is 0 Å². The normalized spacial score (nSPS) is 9.62. The Bertz CT molecular complexity index is 416. The van der Waals surface area contributed by atoms with Gasteiger partial charge in [-0.2, -0.15) is 0 Å². The summed E-state index contributed by atoms with van der Waals surface area (Å²) in [6, 6.07) is 4.23. The van der Waals surface area contributed by atoms with Gasteiger partial charge in [0.15, 0.2) is 6.61 Å². The number of esters is 1. The Morgan fingerprint density at radius 2 is 2.12 bits per heavy atom. The van der Waals surface area contributed by atoms with Gasteiger partial charge < -0.3 is 14.6 Å². The Morgan fingerprint density at radius 3 is 2.69 bits per heavy atom. The lowest BCUT2D eigenvalue weighted by atomic mass is 10.2. The lowest BCUT2D eigenvalue weighted by molar-refractivity contribution is -0.139. The fourth-order valence-electron chi connectivity index (χ4n) is 0.998. The Hall–Kier alpha value is -1.75. The van der Waals surface area contributed by atoms with Gasteiger partial charge in [-0.1, -0.05) is 11.6 Å². The summed E-state index contributed by atoms with van der Waals surface area (Å²) in [7, 11) is 1.24. The molecule has 0 aliphatic heterocycles. The van der Waals surface area contributed by atoms with E-state index in [4.69, 9.17) is 21.4 Å². The lowest BCUT2D eigenvalue weighted by Gasteiger charge is -2.07. The van der Waals surface area contributed by atoms with E-state index < -0.39 is 18.5 Å². The second-order valence-corrected chi connectivity index (χ2v) is 3.23. The molecule has 0 heterocycles. The highest BCUT2D eigenvalue weighted by atomic mass is 35.5. The van der Waals surface area contributed by atoms with Crippen LogP contribution in [0.3, 0.4) is 0 Å². The first-order valence-corrected chi connectivity index (χ1v) is 4.65. The Kier molecular flexibility index (Phi) is 4.13. The highest BCUT2D eigenvalue weighted by Crippen LogP contribution is 2.25. The molecule has 0 aliphatic carbocycles. The molecule has 0 aliphatic rings. The summed E-state index contributed by atoms with van der Waals surface area (Å²) in [6.07, 6.45) is 0. The molecule has 0 radical (unpaired) electrons. The molecule has 16 heavy (non-hydrogen) atoms. The highest BCUT2D eigenvalue weighted by molar-refractivity contribution is 6.32. The van der Waals surface area contributed by atoms with Crippen molar-refractivity contribution in [1.82, 2.24) is 0 Å². The van der Waals surface area contributed by atoms with Crippen LogP contribution < -0.4 is 4.74 Å². The Balaban J connectivity index is 2.90. The molecule has 0 unspecified atom stereocenters. The van der Waals surface area contributed by atoms with Crippen LogP contribution in [0.15, 0.2) is 18.2 Å². The number of benzene rings is 1. The molecular formula is C10H9ClO5. The van der Waals surface area contributed by atoms with Gasteiger partial charge in [-0.25, -0.2) is 9.59 Å². The zero-order valence-corrected chi connectivity index (χ0v) is 9.15. The zero-order chi connectivity index (χ0) is 12.1. The van der Waals surface area contributed by atoms with E-state index in [1.54, 1.807) is 0 Å². The minimum atomic E-state index is -1.13. The summed E-state index contributed by atoms with van der Waals surface area (Å²) >= 11 is 5.76. The van der Waals surface area contributed by atoms with E-state index >= 15 is 0 Å². The molecule has 1 rings (SSSR count). The van der Waals surface area contributed by atoms with Gasteiger partial charge in [0.05, 0.1) is 17.7 Å². The van der Waals surface area contributed by atoms with E-state index in [0.29, 0.717) is 0 Å². The maximum Gasteiger partial charge on any atom is 0.341 e. The first-order valence-electron chi connectivity index (χ1n) is 4.27. The van der Waals surface area contributed by atoms with E-state index in [1.807, 2.05) is 0 Å². The molecule has 0 spiro atoms. The second-order valence-electron chi connectivity index (χ2n) is 2.82. The molecular weight excluding hydrogens is 236 g/mol. The number of aliphatic carboxylic acids is 1. The molecule has 1 N–H and O–H groups in total. The highest BCUT2D eigenvalue weighted by Gasteiger charge is 2.10. The number of carboxylic acid groups (broad SMARTS) is 1. The maximum atomic E-state index is 11.2. The van der Waals surface area contributed by atoms with E-state index in [-0.39, 0.29) is 16.3 Å². The van der Waals surface area contributed by atoms with Gasteiger partial charge in [-0.05, 0) is 18.2 Å². The van der Waals surface area contributed by atoms with E-state index in [9.17, 15) is 9.59 Å². The van der Waals surface area contributed by atoms with Gasteiger partial charge in [0.2, 0.25) is 0 Å². The van der Waals surface area contributed by atoms with E-state index in [0.717, 1.165) is 0 Å². The van der Waals surface area contributed by atoms with Crippen molar-refractivity contribution in [2.24, 2.45) is 0 Å². The fraction of sp³-hybridized carbons (Fsp3) is 0.200. The van der Waals surface area contributed by atoms with Gasteiger partial charge in [0.25, 0.3) is 0 Å². The molecule has 0 atom stereocenters. The second kappa shape index (κ2) is 5.37. The van der Waals surface area contributed by atoms with Crippen molar-refractivity contribution in [2.45, 2.75) is 0 Å². The van der Waals surface area contributed by atoms with Crippen LogP contribution in [0.1, 0.15) is 10.4 Å². The predicted molar refractivity (Wildman–Crippen MR) is 55.9 cm³/mol. The summed E-state index contributed by atoms with van der Waals surface area (Å²) in [5, 5.41) is 8.66. The van der Waals surface area contributed by atoms with Crippen LogP contribution in [0.2, 0.25) is 5.02 Å². The van der Waals surface area contributed by atoms with Gasteiger partial charge in [-0.3, -0.25) is 0 Å². The average Bonchev–Trinajstić information content (AvgIpc) is 2.26. The molecule has 0 bridgehead atoms. The van der Waals surface area contributed by atoms with Crippen molar-refractivity contribution >= 4 is 23.5 Å². The average molecular weight is 245 g/mol. The van der Waals surface area contributed by atoms with Crippen molar-refractivity contribution in [3.63, 3.8) is 0 Å². The van der Waals surface area contributed by atoms with Crippen LogP contribution in [-0.2, 0) is 9.53 Å². The molecule has 1 aromatic carbocycles. The molecule has 6 heteroatoms. The molecule has 0 amide bonds. The summed E-state index contributed by atoms with van der Waals surface area (Å²) < 4.78 is 9.40. The first-order chi connectivity index (χ1) is 7.54. The molecule has 5 nitrogen and oxygen atoms in total. The SMILES string of the molecule is COC(=O)c1ccc(Cl)c(OCC(=O)O)c1. The van der Waals surface area contributed by atoms with Crippen LogP contribution >= 0.6 is 11.6 Å². The zero-order valence-electron chi connectivity index (χ0n) is 8.40. The number of halogens is 1. The largest absolute Gasteiger partial charge is 0.480 e. The standard InChI is InChI=1S/C10H9ClO5/c1-15-10(14)6-2-3-7(11)8(4-6)16-5-9(12)13/h2-4H,5H2,1H3,(H,12,13). The topological polar surface area (TPSA) is 72.8 Å². The predicted octanol–water partition coefficient (Wildman–Crippen LogP) is 1.59. The maximum absolute atomic E-state index is 11.2. The minimum absolute atomic E-state index is 0.131. The quantitative estimate of drug-likeness (QED) is 0.815. The number of hydrogen-bond acceptors (Lipinski definition) is 4. The summed E-state index contributed by atoms with van der Waals surface area (Å²) in [4.78, 5) is 21.5. The Labute approximate surface area is 96.5 Å². The Morgan fingerprint density at radius 1 is 1.44 bits per heavy atom. The molecule has 1 aromatic rings. The molecule has 0 saturated heterocycles. The van der Waals surface area contributed by atoms with Crippen LogP contribution in [0.4, 0.5) is 0 Å². The number of carbonyl (C=O) groups excluding carboxylic acids is 1.